The van der Waals surface area contributed by atoms with Gasteiger partial charge in [-0.3, -0.25) is 4.79 Å². The van der Waals surface area contributed by atoms with Crippen LogP contribution in [0.2, 0.25) is 18.1 Å². The summed E-state index contributed by atoms with van der Waals surface area (Å²) in [7, 11) is -1.74. The quantitative estimate of drug-likeness (QED) is 0.460. The third-order valence-corrected chi connectivity index (χ3v) is 12.1. The van der Waals surface area contributed by atoms with E-state index in [1.807, 2.05) is 0 Å². The number of hydrogen-bond acceptors (Lipinski definition) is 2. The molecule has 2 aliphatic carbocycles. The summed E-state index contributed by atoms with van der Waals surface area (Å²) in [6, 6.07) is 0. The Labute approximate surface area is 150 Å². The van der Waals surface area contributed by atoms with Crippen LogP contribution in [0.4, 0.5) is 0 Å². The van der Waals surface area contributed by atoms with Gasteiger partial charge in [-0.15, -0.1) is 0 Å². The number of Topliss-reactive ketones (excluding diaryl/α,β-unsaturated/α-hetero) is 1. The van der Waals surface area contributed by atoms with Crippen LogP contribution in [-0.2, 0) is 9.22 Å². The standard InChI is InChI=1S/C21H38O2Si/c1-15(2)17-9-10-18(14-23-24(7,8)20(4,5)6)21(13-17)12-11-19(22)16(21)3/h16-18H,1,9-14H2,2-8H3/t16-,17-,18+,21?/m0/s1. The second kappa shape index (κ2) is 6.72. The molecule has 24 heavy (non-hydrogen) atoms. The van der Waals surface area contributed by atoms with Crippen molar-refractivity contribution in [2.24, 2.45) is 23.2 Å². The van der Waals surface area contributed by atoms with Crippen LogP contribution in [0.3, 0.4) is 0 Å². The molecule has 0 N–H and O–H groups in total. The monoisotopic (exact) mass is 350 g/mol. The maximum atomic E-state index is 12.4. The van der Waals surface area contributed by atoms with E-state index in [4.69, 9.17) is 4.43 Å². The Hall–Kier alpha value is -0.413. The molecule has 0 aromatic heterocycles. The smallest absolute Gasteiger partial charge is 0.191 e. The van der Waals surface area contributed by atoms with Crippen molar-refractivity contribution in [2.45, 2.75) is 84.9 Å². The largest absolute Gasteiger partial charge is 0.417 e. The lowest BCUT2D eigenvalue weighted by Gasteiger charge is -2.49. The van der Waals surface area contributed by atoms with Gasteiger partial charge in [0.2, 0.25) is 0 Å². The summed E-state index contributed by atoms with van der Waals surface area (Å²) in [5, 5.41) is 0.242. The van der Waals surface area contributed by atoms with Crippen LogP contribution in [0.15, 0.2) is 12.2 Å². The summed E-state index contributed by atoms with van der Waals surface area (Å²) < 4.78 is 6.60. The summed E-state index contributed by atoms with van der Waals surface area (Å²) >= 11 is 0. The Balaban J connectivity index is 2.19. The van der Waals surface area contributed by atoms with Gasteiger partial charge in [-0.25, -0.2) is 0 Å². The van der Waals surface area contributed by atoms with Gasteiger partial charge in [0.25, 0.3) is 0 Å². The minimum atomic E-state index is -1.74. The van der Waals surface area contributed by atoms with Crippen LogP contribution in [0, 0.1) is 23.2 Å². The average Bonchev–Trinajstić information content (AvgIpc) is 2.74. The fourth-order valence-electron chi connectivity index (χ4n) is 4.56. The second-order valence-electron chi connectivity index (χ2n) is 10.0. The molecule has 0 aromatic rings. The summed E-state index contributed by atoms with van der Waals surface area (Å²) in [5.74, 6) is 1.77. The zero-order valence-electron chi connectivity index (χ0n) is 17.0. The van der Waals surface area contributed by atoms with Crippen LogP contribution in [-0.4, -0.2) is 20.7 Å². The molecule has 0 heterocycles. The summed E-state index contributed by atoms with van der Waals surface area (Å²) in [6.07, 6.45) is 5.36. The second-order valence-corrected chi connectivity index (χ2v) is 14.8. The zero-order valence-corrected chi connectivity index (χ0v) is 18.0. The minimum Gasteiger partial charge on any atom is -0.417 e. The van der Waals surface area contributed by atoms with Gasteiger partial charge in [-0.05, 0) is 68.0 Å². The van der Waals surface area contributed by atoms with E-state index in [2.05, 4.69) is 54.3 Å². The Kier molecular flexibility index (Phi) is 5.57. The van der Waals surface area contributed by atoms with Gasteiger partial charge >= 0.3 is 0 Å². The molecule has 138 valence electrons. The molecule has 0 aromatic carbocycles. The van der Waals surface area contributed by atoms with Gasteiger partial charge in [-0.2, -0.15) is 0 Å². The molecule has 4 atom stereocenters. The lowest BCUT2D eigenvalue weighted by Crippen LogP contribution is -2.47. The van der Waals surface area contributed by atoms with Crippen molar-refractivity contribution in [3.8, 4) is 0 Å². The molecule has 1 spiro atoms. The van der Waals surface area contributed by atoms with Gasteiger partial charge in [0.1, 0.15) is 5.78 Å². The summed E-state index contributed by atoms with van der Waals surface area (Å²) in [4.78, 5) is 12.4. The Bertz CT molecular complexity index is 502. The number of allylic oxidation sites excluding steroid dienone is 1. The fraction of sp³-hybridized carbons (Fsp3) is 0.857. The van der Waals surface area contributed by atoms with Crippen molar-refractivity contribution in [1.29, 1.82) is 0 Å². The first-order valence-corrected chi connectivity index (χ1v) is 12.6. The fourth-order valence-corrected chi connectivity index (χ4v) is 5.61. The van der Waals surface area contributed by atoms with Crippen molar-refractivity contribution < 1.29 is 9.22 Å². The van der Waals surface area contributed by atoms with Crippen LogP contribution in [0.5, 0.6) is 0 Å². The van der Waals surface area contributed by atoms with E-state index in [1.54, 1.807) is 0 Å². The molecule has 3 heteroatoms. The topological polar surface area (TPSA) is 26.3 Å². The van der Waals surface area contributed by atoms with E-state index in [0.29, 0.717) is 17.6 Å². The number of ketones is 1. The normalized spacial score (nSPS) is 34.8. The maximum Gasteiger partial charge on any atom is 0.191 e. The first kappa shape index (κ1) is 19.9. The van der Waals surface area contributed by atoms with Gasteiger partial charge in [0, 0.05) is 18.9 Å². The first-order chi connectivity index (χ1) is 10.9. The van der Waals surface area contributed by atoms with Crippen molar-refractivity contribution >= 4 is 14.1 Å². The van der Waals surface area contributed by atoms with E-state index < -0.39 is 8.32 Å². The van der Waals surface area contributed by atoms with Crippen molar-refractivity contribution in [2.75, 3.05) is 6.61 Å². The van der Waals surface area contributed by atoms with Crippen molar-refractivity contribution in [1.82, 2.24) is 0 Å². The van der Waals surface area contributed by atoms with Gasteiger partial charge < -0.3 is 4.43 Å². The molecule has 2 nitrogen and oxygen atoms in total. The third kappa shape index (κ3) is 3.58. The highest BCUT2D eigenvalue weighted by Gasteiger charge is 2.53. The lowest BCUT2D eigenvalue weighted by atomic mass is 9.58. The zero-order chi connectivity index (χ0) is 18.3. The van der Waals surface area contributed by atoms with E-state index in [-0.39, 0.29) is 16.4 Å². The number of carbonyl (C=O) groups excluding carboxylic acids is 1. The highest BCUT2D eigenvalue weighted by atomic mass is 28.4. The summed E-state index contributed by atoms with van der Waals surface area (Å²) in [5.41, 5.74) is 1.45. The minimum absolute atomic E-state index is 0.154. The number of rotatable bonds is 4. The molecule has 0 radical (unpaired) electrons. The Morgan fingerprint density at radius 3 is 2.42 bits per heavy atom. The third-order valence-electron chi connectivity index (χ3n) is 7.63. The average molecular weight is 351 g/mol. The van der Waals surface area contributed by atoms with Gasteiger partial charge in [0.05, 0.1) is 0 Å². The lowest BCUT2D eigenvalue weighted by molar-refractivity contribution is -0.123. The number of hydrogen-bond donors (Lipinski definition) is 0. The SMILES string of the molecule is C=C(C)[C@H]1CC[C@H](CO[Si](C)(C)C(C)(C)C)C2(CCC(=O)[C@@H]2C)C1. The molecular weight excluding hydrogens is 312 g/mol. The predicted molar refractivity (Wildman–Crippen MR) is 105 cm³/mol. The Morgan fingerprint density at radius 2 is 1.96 bits per heavy atom. The van der Waals surface area contributed by atoms with Crippen molar-refractivity contribution in [3.63, 3.8) is 0 Å². The highest BCUT2D eigenvalue weighted by molar-refractivity contribution is 6.74. The van der Waals surface area contributed by atoms with E-state index in [0.717, 1.165) is 25.9 Å². The summed E-state index contributed by atoms with van der Waals surface area (Å²) in [6.45, 7) is 21.0. The predicted octanol–water partition coefficient (Wildman–Crippen LogP) is 5.99. The molecule has 0 bridgehead atoms. The van der Waals surface area contributed by atoms with Gasteiger partial charge in [-0.1, -0.05) is 39.8 Å². The molecule has 2 fully saturated rings. The highest BCUT2D eigenvalue weighted by Crippen LogP contribution is 2.57. The molecule has 2 aliphatic rings. The van der Waals surface area contributed by atoms with E-state index >= 15 is 0 Å². The molecule has 1 unspecified atom stereocenters. The Morgan fingerprint density at radius 1 is 1.33 bits per heavy atom. The maximum absolute atomic E-state index is 12.4. The van der Waals surface area contributed by atoms with Crippen molar-refractivity contribution in [3.05, 3.63) is 12.2 Å². The molecule has 2 rings (SSSR count). The molecule has 0 amide bonds. The van der Waals surface area contributed by atoms with E-state index in [1.165, 1.54) is 18.4 Å². The van der Waals surface area contributed by atoms with Crippen LogP contribution in [0.1, 0.15) is 66.7 Å². The van der Waals surface area contributed by atoms with Crippen LogP contribution in [0.25, 0.3) is 0 Å². The van der Waals surface area contributed by atoms with Gasteiger partial charge in [0.15, 0.2) is 8.32 Å². The van der Waals surface area contributed by atoms with E-state index in [9.17, 15) is 4.79 Å². The van der Waals surface area contributed by atoms with Crippen LogP contribution >= 0.6 is 0 Å². The molecule has 0 aliphatic heterocycles. The molecule has 2 saturated carbocycles. The van der Waals surface area contributed by atoms with Crippen LogP contribution < -0.4 is 0 Å². The molecular formula is C21H38O2Si. The molecule has 0 saturated heterocycles. The number of carbonyl (C=O) groups is 1. The first-order valence-electron chi connectivity index (χ1n) is 9.73.